The molecule has 228 valence electrons. The molecule has 43 heavy (non-hydrogen) atoms. The van der Waals surface area contributed by atoms with Gasteiger partial charge in [0.05, 0.1) is 18.2 Å². The number of hydrazone groups is 1. The van der Waals surface area contributed by atoms with Gasteiger partial charge in [0.15, 0.2) is 0 Å². The third-order valence-electron chi connectivity index (χ3n) is 7.94. The van der Waals surface area contributed by atoms with E-state index in [0.717, 1.165) is 18.9 Å². The molecular formula is C33H37F3N4O3. The van der Waals surface area contributed by atoms with Gasteiger partial charge in [0.2, 0.25) is 5.91 Å². The molecule has 5 rings (SSSR count). The van der Waals surface area contributed by atoms with Crippen molar-refractivity contribution in [3.63, 3.8) is 0 Å². The maximum absolute atomic E-state index is 14.9. The molecule has 1 atom stereocenters. The second-order valence-corrected chi connectivity index (χ2v) is 11.9. The van der Waals surface area contributed by atoms with Gasteiger partial charge < -0.3 is 14.7 Å². The van der Waals surface area contributed by atoms with Crippen LogP contribution in [-0.4, -0.2) is 52.5 Å². The lowest BCUT2D eigenvalue weighted by Crippen LogP contribution is -2.41. The van der Waals surface area contributed by atoms with Crippen molar-refractivity contribution in [1.29, 1.82) is 0 Å². The topological polar surface area (TPSA) is 78.3 Å². The lowest BCUT2D eigenvalue weighted by atomic mass is 9.94. The van der Waals surface area contributed by atoms with Crippen molar-refractivity contribution in [3.8, 4) is 16.9 Å². The molecule has 3 heterocycles. The SMILES string of the molecule is CC(C)(O)CCCCOc1ccc(F)c(-c2ccnc(N3CCC(C(=O)N4N=CCC4c4cc(F)cc(F)c4)CC3)c2)c1. The Hall–Kier alpha value is -3.92. The van der Waals surface area contributed by atoms with E-state index in [1.807, 2.05) is 6.07 Å². The fraction of sp³-hybridized carbons (Fsp3) is 0.424. The highest BCUT2D eigenvalue weighted by Gasteiger charge is 2.35. The zero-order valence-electron chi connectivity index (χ0n) is 24.5. The van der Waals surface area contributed by atoms with Crippen LogP contribution in [0.2, 0.25) is 0 Å². The van der Waals surface area contributed by atoms with Crippen LogP contribution in [0.25, 0.3) is 11.1 Å². The summed E-state index contributed by atoms with van der Waals surface area (Å²) < 4.78 is 48.4. The molecule has 1 unspecified atom stereocenters. The number of aromatic nitrogens is 1. The van der Waals surface area contributed by atoms with E-state index < -0.39 is 23.3 Å². The van der Waals surface area contributed by atoms with Crippen molar-refractivity contribution < 1.29 is 27.8 Å². The number of unbranched alkanes of at least 4 members (excludes halogenated alkanes) is 1. The molecule has 2 aliphatic heterocycles. The number of nitrogens with zero attached hydrogens (tertiary/aromatic N) is 4. The van der Waals surface area contributed by atoms with E-state index in [-0.39, 0.29) is 17.6 Å². The average Bonchev–Trinajstić information content (AvgIpc) is 3.47. The summed E-state index contributed by atoms with van der Waals surface area (Å²) in [7, 11) is 0. The molecule has 1 amide bonds. The predicted molar refractivity (Wildman–Crippen MR) is 159 cm³/mol. The molecule has 2 aromatic carbocycles. The van der Waals surface area contributed by atoms with Crippen LogP contribution < -0.4 is 9.64 Å². The van der Waals surface area contributed by atoms with E-state index in [1.54, 1.807) is 44.5 Å². The molecule has 3 aromatic rings. The highest BCUT2D eigenvalue weighted by Crippen LogP contribution is 2.34. The lowest BCUT2D eigenvalue weighted by molar-refractivity contribution is -0.138. The first-order valence-electron chi connectivity index (χ1n) is 14.7. The van der Waals surface area contributed by atoms with Crippen LogP contribution in [0, 0.1) is 23.4 Å². The first kappa shape index (κ1) is 30.5. The zero-order chi connectivity index (χ0) is 30.6. The van der Waals surface area contributed by atoms with Crippen molar-refractivity contribution in [2.24, 2.45) is 11.0 Å². The number of halogens is 3. The molecule has 1 aromatic heterocycles. The molecule has 0 aliphatic carbocycles. The summed E-state index contributed by atoms with van der Waals surface area (Å²) in [6.07, 6.45) is 7.06. The fourth-order valence-electron chi connectivity index (χ4n) is 5.64. The number of pyridine rings is 1. The van der Waals surface area contributed by atoms with Gasteiger partial charge in [-0.05, 0) is 99.5 Å². The fourth-order valence-corrected chi connectivity index (χ4v) is 5.64. The largest absolute Gasteiger partial charge is 0.494 e. The monoisotopic (exact) mass is 594 g/mol. The molecule has 1 N–H and O–H groups in total. The normalized spacial score (nSPS) is 17.5. The number of benzene rings is 2. The zero-order valence-corrected chi connectivity index (χ0v) is 24.5. The van der Waals surface area contributed by atoms with Gasteiger partial charge >= 0.3 is 0 Å². The standard InChI is InChI=1S/C33H37F3N4O3/c1-33(2,42)11-3-4-16-43-27-5-6-29(36)28(21-27)23-7-12-37-31(19-23)39-14-9-22(10-15-39)32(41)40-30(8-13-38-40)24-17-25(34)20-26(35)18-24/h5-7,12-13,17-22,30,42H,3-4,8-11,14-16H2,1-2H3. The Morgan fingerprint density at radius 3 is 2.49 bits per heavy atom. The Morgan fingerprint density at radius 1 is 1.02 bits per heavy atom. The number of amides is 1. The number of hydrogen-bond acceptors (Lipinski definition) is 6. The lowest BCUT2D eigenvalue weighted by Gasteiger charge is -2.34. The Bertz CT molecular complexity index is 1450. The van der Waals surface area contributed by atoms with Crippen molar-refractivity contribution >= 4 is 17.9 Å². The molecule has 0 radical (unpaired) electrons. The summed E-state index contributed by atoms with van der Waals surface area (Å²) in [5, 5.41) is 15.5. The number of carbonyl (C=O) groups excluding carboxylic acids is 1. The number of anilines is 1. The maximum atomic E-state index is 14.9. The van der Waals surface area contributed by atoms with Gasteiger partial charge in [0, 0.05) is 49.5 Å². The second kappa shape index (κ2) is 13.2. The van der Waals surface area contributed by atoms with Crippen LogP contribution in [0.1, 0.15) is 64.0 Å². The van der Waals surface area contributed by atoms with Crippen molar-refractivity contribution in [2.75, 3.05) is 24.6 Å². The van der Waals surface area contributed by atoms with E-state index in [2.05, 4.69) is 15.0 Å². The molecule has 7 nitrogen and oxygen atoms in total. The van der Waals surface area contributed by atoms with Crippen LogP contribution >= 0.6 is 0 Å². The highest BCUT2D eigenvalue weighted by atomic mass is 19.1. The summed E-state index contributed by atoms with van der Waals surface area (Å²) in [6.45, 7) is 5.17. The predicted octanol–water partition coefficient (Wildman–Crippen LogP) is 6.66. The van der Waals surface area contributed by atoms with Gasteiger partial charge in [-0.15, -0.1) is 0 Å². The molecule has 1 saturated heterocycles. The van der Waals surface area contributed by atoms with Gasteiger partial charge in [0.25, 0.3) is 0 Å². The first-order valence-corrected chi connectivity index (χ1v) is 14.7. The van der Waals surface area contributed by atoms with Gasteiger partial charge in [-0.25, -0.2) is 23.2 Å². The average molecular weight is 595 g/mol. The minimum atomic E-state index is -0.704. The number of rotatable bonds is 10. The van der Waals surface area contributed by atoms with Crippen LogP contribution in [0.5, 0.6) is 5.75 Å². The Kier molecular flexibility index (Phi) is 9.34. The minimum Gasteiger partial charge on any atom is -0.494 e. The Balaban J connectivity index is 1.20. The van der Waals surface area contributed by atoms with E-state index in [4.69, 9.17) is 4.74 Å². The molecular weight excluding hydrogens is 557 g/mol. The number of piperidine rings is 1. The quantitative estimate of drug-likeness (QED) is 0.266. The van der Waals surface area contributed by atoms with Crippen molar-refractivity contribution in [1.82, 2.24) is 9.99 Å². The smallest absolute Gasteiger partial charge is 0.246 e. The van der Waals surface area contributed by atoms with Gasteiger partial charge in [-0.2, -0.15) is 5.10 Å². The maximum Gasteiger partial charge on any atom is 0.246 e. The summed E-state index contributed by atoms with van der Waals surface area (Å²) in [4.78, 5) is 20.0. The van der Waals surface area contributed by atoms with Gasteiger partial charge in [0.1, 0.15) is 29.0 Å². The van der Waals surface area contributed by atoms with Crippen molar-refractivity contribution in [2.45, 2.75) is 64.0 Å². The Labute approximate surface area is 250 Å². The number of carbonyl (C=O) groups is 1. The Morgan fingerprint density at radius 2 is 1.77 bits per heavy atom. The van der Waals surface area contributed by atoms with Crippen molar-refractivity contribution in [3.05, 3.63) is 77.7 Å². The minimum absolute atomic E-state index is 0.163. The van der Waals surface area contributed by atoms with E-state index >= 15 is 0 Å². The van der Waals surface area contributed by atoms with E-state index in [9.17, 15) is 23.1 Å². The summed E-state index contributed by atoms with van der Waals surface area (Å²) >= 11 is 0. The van der Waals surface area contributed by atoms with Crippen LogP contribution in [0.15, 0.2) is 59.8 Å². The van der Waals surface area contributed by atoms with E-state index in [1.165, 1.54) is 23.2 Å². The third kappa shape index (κ3) is 7.73. The molecule has 2 aliphatic rings. The van der Waals surface area contributed by atoms with Crippen LogP contribution in [-0.2, 0) is 4.79 Å². The first-order chi connectivity index (χ1) is 20.6. The third-order valence-corrected chi connectivity index (χ3v) is 7.94. The van der Waals surface area contributed by atoms with Crippen LogP contribution in [0.3, 0.4) is 0 Å². The molecule has 10 heteroatoms. The number of ether oxygens (including phenoxy) is 1. The summed E-state index contributed by atoms with van der Waals surface area (Å²) in [5.74, 6) is -0.928. The molecule has 0 bridgehead atoms. The van der Waals surface area contributed by atoms with Gasteiger partial charge in [-0.3, -0.25) is 4.79 Å². The number of aliphatic hydroxyl groups is 1. The molecule has 1 fully saturated rings. The van der Waals surface area contributed by atoms with Crippen LogP contribution in [0.4, 0.5) is 19.0 Å². The summed E-state index contributed by atoms with van der Waals surface area (Å²) in [6, 6.07) is 11.1. The second-order valence-electron chi connectivity index (χ2n) is 11.9. The highest BCUT2D eigenvalue weighted by molar-refractivity contribution is 5.82. The molecule has 0 saturated carbocycles. The van der Waals surface area contributed by atoms with E-state index in [0.29, 0.717) is 73.6 Å². The number of hydrogen-bond donors (Lipinski definition) is 1. The summed E-state index contributed by atoms with van der Waals surface area (Å²) in [5.41, 5.74) is 0.762. The van der Waals surface area contributed by atoms with Gasteiger partial charge in [-0.1, -0.05) is 0 Å². The molecule has 0 spiro atoms.